The first-order chi connectivity index (χ1) is 23.7. The molecule has 0 aliphatic heterocycles. The summed E-state index contributed by atoms with van der Waals surface area (Å²) < 4.78 is 8.14. The molecule has 0 spiro atoms. The summed E-state index contributed by atoms with van der Waals surface area (Å²) >= 11 is 0. The summed E-state index contributed by atoms with van der Waals surface area (Å²) in [4.78, 5) is 53.9. The second-order valence-electron chi connectivity index (χ2n) is 10.5. The Morgan fingerprint density at radius 3 is 2.27 bits per heavy atom. The van der Waals surface area contributed by atoms with Crippen LogP contribution in [0, 0.1) is 0 Å². The number of benzene rings is 2. The van der Waals surface area contributed by atoms with Gasteiger partial charge < -0.3 is 25.6 Å². The second kappa shape index (κ2) is 13.7. The molecule has 18 heteroatoms. The Kier molecular flexibility index (Phi) is 8.91. The van der Waals surface area contributed by atoms with Crippen molar-refractivity contribution in [3.05, 3.63) is 107 Å². The average molecular weight is 664 g/mol. The average Bonchev–Trinajstić information content (AvgIpc) is 3.81. The SMILES string of the molecule is COc1cc(C(=O)O)c(NC(=O)c2ccc3nnnn3n2)cc1CCCc1ccc(C(=O)O)c(NC(=O)c2ccc(-n3ccnc3)nn2)c1. The molecule has 0 radical (unpaired) electrons. The third-order valence-corrected chi connectivity index (χ3v) is 7.33. The molecule has 0 saturated heterocycles. The van der Waals surface area contributed by atoms with Crippen molar-refractivity contribution in [1.82, 2.24) is 45.0 Å². The number of carbonyl (C=O) groups excluding carboxylic acids is 2. The van der Waals surface area contributed by atoms with Gasteiger partial charge in [0.05, 0.1) is 29.6 Å². The molecule has 246 valence electrons. The number of nitrogens with one attached hydrogen (secondary N) is 2. The molecule has 4 heterocycles. The monoisotopic (exact) mass is 663 g/mol. The van der Waals surface area contributed by atoms with E-state index in [1.807, 2.05) is 0 Å². The number of aromatic carboxylic acids is 2. The van der Waals surface area contributed by atoms with Crippen LogP contribution in [0.4, 0.5) is 11.4 Å². The number of aromatic nitrogens is 9. The van der Waals surface area contributed by atoms with Crippen LogP contribution in [0.25, 0.3) is 11.5 Å². The van der Waals surface area contributed by atoms with Crippen molar-refractivity contribution in [3.63, 3.8) is 0 Å². The minimum Gasteiger partial charge on any atom is -0.496 e. The maximum atomic E-state index is 13.0. The van der Waals surface area contributed by atoms with E-state index in [-0.39, 0.29) is 33.9 Å². The molecule has 4 N–H and O–H groups in total. The summed E-state index contributed by atoms with van der Waals surface area (Å²) in [6, 6.07) is 13.4. The molecule has 0 aliphatic carbocycles. The molecule has 2 amide bonds. The molecule has 4 aromatic heterocycles. The molecule has 0 aliphatic rings. The van der Waals surface area contributed by atoms with E-state index in [4.69, 9.17) is 4.74 Å². The first-order valence-electron chi connectivity index (χ1n) is 14.5. The molecule has 0 fully saturated rings. The number of tetrazole rings is 1. The van der Waals surface area contributed by atoms with Gasteiger partial charge in [-0.3, -0.25) is 14.2 Å². The highest BCUT2D eigenvalue weighted by molar-refractivity contribution is 6.08. The summed E-state index contributed by atoms with van der Waals surface area (Å²) in [5.41, 5.74) is 1.41. The number of carboxylic acids is 2. The van der Waals surface area contributed by atoms with Crippen LogP contribution in [0.3, 0.4) is 0 Å². The molecule has 6 rings (SSSR count). The van der Waals surface area contributed by atoms with E-state index in [1.165, 1.54) is 49.8 Å². The van der Waals surface area contributed by atoms with Gasteiger partial charge in [-0.25, -0.2) is 14.6 Å². The van der Waals surface area contributed by atoms with Crippen molar-refractivity contribution in [2.24, 2.45) is 0 Å². The van der Waals surface area contributed by atoms with Crippen LogP contribution in [0.15, 0.2) is 73.3 Å². The van der Waals surface area contributed by atoms with E-state index in [0.29, 0.717) is 42.0 Å². The van der Waals surface area contributed by atoms with Gasteiger partial charge in [-0.15, -0.1) is 25.0 Å². The molecular formula is C31H25N11O7. The zero-order chi connectivity index (χ0) is 34.5. The van der Waals surface area contributed by atoms with Crippen LogP contribution in [0.5, 0.6) is 5.75 Å². The van der Waals surface area contributed by atoms with Crippen molar-refractivity contribution in [3.8, 4) is 11.6 Å². The fourth-order valence-corrected chi connectivity index (χ4v) is 4.93. The number of fused-ring (bicyclic) bond motifs is 1. The molecule has 2 aromatic carbocycles. The maximum absolute atomic E-state index is 13.0. The molecule has 0 bridgehead atoms. The summed E-state index contributed by atoms with van der Waals surface area (Å²) in [6.07, 6.45) is 6.13. The summed E-state index contributed by atoms with van der Waals surface area (Å²) in [6.45, 7) is 0. The first-order valence-corrected chi connectivity index (χ1v) is 14.5. The predicted octanol–water partition coefficient (Wildman–Crippen LogP) is 2.58. The number of aryl methyl sites for hydroxylation is 2. The lowest BCUT2D eigenvalue weighted by molar-refractivity contribution is 0.0686. The Labute approximate surface area is 275 Å². The van der Waals surface area contributed by atoms with Gasteiger partial charge >= 0.3 is 11.9 Å². The zero-order valence-corrected chi connectivity index (χ0v) is 25.5. The number of rotatable bonds is 12. The van der Waals surface area contributed by atoms with Gasteiger partial charge in [0.1, 0.15) is 12.1 Å². The van der Waals surface area contributed by atoms with E-state index >= 15 is 0 Å². The smallest absolute Gasteiger partial charge is 0.337 e. The van der Waals surface area contributed by atoms with Crippen LogP contribution in [0.2, 0.25) is 0 Å². The third kappa shape index (κ3) is 7.02. The molecule has 6 aromatic rings. The highest BCUT2D eigenvalue weighted by Crippen LogP contribution is 2.30. The summed E-state index contributed by atoms with van der Waals surface area (Å²) in [5, 5.41) is 47.7. The van der Waals surface area contributed by atoms with Crippen LogP contribution in [-0.4, -0.2) is 86.1 Å². The van der Waals surface area contributed by atoms with Gasteiger partial charge in [0.2, 0.25) is 0 Å². The Morgan fingerprint density at radius 1 is 0.816 bits per heavy atom. The van der Waals surface area contributed by atoms with Crippen molar-refractivity contribution in [1.29, 1.82) is 0 Å². The molecule has 0 atom stereocenters. The normalized spacial score (nSPS) is 10.9. The minimum absolute atomic E-state index is 0.0165. The van der Waals surface area contributed by atoms with Gasteiger partial charge in [0, 0.05) is 12.4 Å². The van der Waals surface area contributed by atoms with Crippen LogP contribution in [0.1, 0.15) is 59.2 Å². The Hall–Kier alpha value is -7.11. The lowest BCUT2D eigenvalue weighted by atomic mass is 9.99. The standard InChI is InChI=1S/C31H25N11O7/c1-49-25-15-20(31(47)48)24(34-29(44)22-8-10-27-37-39-40-42(27)38-22)14-18(25)4-2-3-17-5-6-19(30(45)46)23(13-17)33-28(43)21-7-9-26(36-35-21)41-12-11-32-16-41/h5-16H,2-4H2,1H3,(H,33,43)(H,34,44)(H,45,46)(H,47,48). The number of methoxy groups -OCH3 is 1. The summed E-state index contributed by atoms with van der Waals surface area (Å²) in [7, 11) is 1.41. The number of amides is 2. The van der Waals surface area contributed by atoms with Crippen molar-refractivity contribution in [2.45, 2.75) is 19.3 Å². The van der Waals surface area contributed by atoms with Gasteiger partial charge in [-0.05, 0) is 89.3 Å². The quantitative estimate of drug-likeness (QED) is 0.147. The predicted molar refractivity (Wildman–Crippen MR) is 169 cm³/mol. The van der Waals surface area contributed by atoms with Gasteiger partial charge in [-0.2, -0.15) is 0 Å². The molecular weight excluding hydrogens is 638 g/mol. The van der Waals surface area contributed by atoms with Gasteiger partial charge in [0.25, 0.3) is 11.8 Å². The Balaban J connectivity index is 1.17. The Morgan fingerprint density at radius 2 is 1.57 bits per heavy atom. The molecule has 18 nitrogen and oxygen atoms in total. The lowest BCUT2D eigenvalue weighted by Crippen LogP contribution is -2.18. The molecule has 49 heavy (non-hydrogen) atoms. The summed E-state index contributed by atoms with van der Waals surface area (Å²) in [5.74, 6) is -3.07. The van der Waals surface area contributed by atoms with E-state index in [1.54, 1.807) is 35.2 Å². The highest BCUT2D eigenvalue weighted by Gasteiger charge is 2.20. The van der Waals surface area contributed by atoms with Gasteiger partial charge in [0.15, 0.2) is 22.9 Å². The second-order valence-corrected chi connectivity index (χ2v) is 10.5. The zero-order valence-electron chi connectivity index (χ0n) is 25.5. The van der Waals surface area contributed by atoms with E-state index < -0.39 is 23.8 Å². The van der Waals surface area contributed by atoms with Gasteiger partial charge in [-0.1, -0.05) is 6.07 Å². The minimum atomic E-state index is -1.28. The van der Waals surface area contributed by atoms with Crippen LogP contribution in [-0.2, 0) is 12.8 Å². The number of carbonyl (C=O) groups is 4. The van der Waals surface area contributed by atoms with Crippen molar-refractivity contribution >= 4 is 40.8 Å². The topological polar surface area (TPSA) is 242 Å². The van der Waals surface area contributed by atoms with Crippen molar-refractivity contribution in [2.75, 3.05) is 17.7 Å². The highest BCUT2D eigenvalue weighted by atomic mass is 16.5. The van der Waals surface area contributed by atoms with E-state index in [2.05, 4.69) is 46.4 Å². The number of nitrogens with zero attached hydrogens (tertiary/aromatic N) is 9. The van der Waals surface area contributed by atoms with Crippen LogP contribution >= 0.6 is 0 Å². The number of carboxylic acid groups (broad SMARTS) is 2. The van der Waals surface area contributed by atoms with E-state index in [9.17, 15) is 29.4 Å². The number of imidazole rings is 1. The fourth-order valence-electron chi connectivity index (χ4n) is 4.93. The van der Waals surface area contributed by atoms with Crippen molar-refractivity contribution < 1.29 is 34.1 Å². The Bertz CT molecular complexity index is 2200. The lowest BCUT2D eigenvalue weighted by Gasteiger charge is -2.15. The number of anilines is 2. The maximum Gasteiger partial charge on any atom is 0.337 e. The molecule has 0 saturated carbocycles. The third-order valence-electron chi connectivity index (χ3n) is 7.33. The van der Waals surface area contributed by atoms with E-state index in [0.717, 1.165) is 10.2 Å². The number of hydrogen-bond acceptors (Lipinski definition) is 12. The largest absolute Gasteiger partial charge is 0.496 e. The number of hydrogen-bond donors (Lipinski definition) is 4. The van der Waals surface area contributed by atoms with Crippen LogP contribution < -0.4 is 15.4 Å². The molecule has 0 unspecified atom stereocenters. The fraction of sp³-hybridized carbons (Fsp3) is 0.129. The number of ether oxygens (including phenoxy) is 1. The first kappa shape index (κ1) is 31.9.